The summed E-state index contributed by atoms with van der Waals surface area (Å²) in [6.45, 7) is 0.882. The Labute approximate surface area is 161 Å². The molecular weight excluding hydrogens is 363 g/mol. The largest absolute Gasteiger partial charge is 0.496 e. The fraction of sp³-hybridized carbons (Fsp3) is 0.250. The lowest BCUT2D eigenvalue weighted by atomic mass is 10.0. The van der Waals surface area contributed by atoms with Crippen LogP contribution in [0.1, 0.15) is 23.2 Å². The number of methoxy groups -OCH3 is 1. The van der Waals surface area contributed by atoms with Gasteiger partial charge in [-0.1, -0.05) is 35.5 Å². The third-order valence-corrected chi connectivity index (χ3v) is 4.66. The van der Waals surface area contributed by atoms with Gasteiger partial charge >= 0.3 is 6.03 Å². The second kappa shape index (κ2) is 7.67. The summed E-state index contributed by atoms with van der Waals surface area (Å²) in [6, 6.07) is 13.4. The second-order valence-electron chi connectivity index (χ2n) is 6.55. The average Bonchev–Trinajstić information content (AvgIpc) is 3.11. The monoisotopic (exact) mass is 382 g/mol. The van der Waals surface area contributed by atoms with Crippen molar-refractivity contribution in [2.75, 3.05) is 25.5 Å². The van der Waals surface area contributed by atoms with Crippen LogP contribution in [0, 0.1) is 5.82 Å². The molecule has 0 spiro atoms. The molecule has 0 saturated carbocycles. The number of anilines is 1. The fourth-order valence-corrected chi connectivity index (χ4v) is 3.08. The molecule has 0 atom stereocenters. The van der Waals surface area contributed by atoms with Gasteiger partial charge in [-0.2, -0.15) is 4.98 Å². The van der Waals surface area contributed by atoms with E-state index in [2.05, 4.69) is 15.5 Å². The maximum absolute atomic E-state index is 13.6. The van der Waals surface area contributed by atoms with Crippen LogP contribution in [0.2, 0.25) is 0 Å². The lowest BCUT2D eigenvalue weighted by Gasteiger charge is -2.36. The topological polar surface area (TPSA) is 80.5 Å². The van der Waals surface area contributed by atoms with Gasteiger partial charge in [-0.25, -0.2) is 9.18 Å². The summed E-state index contributed by atoms with van der Waals surface area (Å²) >= 11 is 0. The first-order chi connectivity index (χ1) is 13.6. The van der Waals surface area contributed by atoms with Gasteiger partial charge < -0.3 is 19.5 Å². The Balaban J connectivity index is 1.34. The van der Waals surface area contributed by atoms with Gasteiger partial charge in [0.1, 0.15) is 11.6 Å². The van der Waals surface area contributed by atoms with Crippen LogP contribution in [-0.4, -0.2) is 41.3 Å². The number of benzene rings is 2. The van der Waals surface area contributed by atoms with E-state index in [9.17, 15) is 9.18 Å². The number of halogens is 1. The van der Waals surface area contributed by atoms with Gasteiger partial charge in [0.05, 0.1) is 18.7 Å². The van der Waals surface area contributed by atoms with E-state index in [1.54, 1.807) is 24.1 Å². The Bertz CT molecular complexity index is 985. The SMILES string of the molecule is COc1ccccc1Cc1noc(C2CN(C(=O)Nc3ccccc3F)C2)n1. The van der Waals surface area contributed by atoms with E-state index in [0.29, 0.717) is 31.2 Å². The first-order valence-corrected chi connectivity index (χ1v) is 8.89. The highest BCUT2D eigenvalue weighted by Gasteiger charge is 2.35. The first kappa shape index (κ1) is 18.0. The summed E-state index contributed by atoms with van der Waals surface area (Å²) in [7, 11) is 1.62. The molecule has 3 aromatic rings. The average molecular weight is 382 g/mol. The maximum atomic E-state index is 13.6. The molecule has 2 heterocycles. The molecule has 28 heavy (non-hydrogen) atoms. The predicted octanol–water partition coefficient (Wildman–Crippen LogP) is 3.44. The van der Waals surface area contributed by atoms with Crippen molar-refractivity contribution in [3.8, 4) is 5.75 Å². The van der Waals surface area contributed by atoms with Crippen LogP contribution in [-0.2, 0) is 6.42 Å². The molecule has 1 aliphatic heterocycles. The highest BCUT2D eigenvalue weighted by molar-refractivity contribution is 5.90. The van der Waals surface area contributed by atoms with Crippen molar-refractivity contribution in [3.05, 3.63) is 71.6 Å². The third kappa shape index (κ3) is 3.66. The van der Waals surface area contributed by atoms with Gasteiger partial charge in [-0.15, -0.1) is 0 Å². The van der Waals surface area contributed by atoms with Gasteiger partial charge in [-0.05, 0) is 18.2 Å². The van der Waals surface area contributed by atoms with Gasteiger partial charge in [0.2, 0.25) is 5.89 Å². The van der Waals surface area contributed by atoms with Crippen molar-refractivity contribution < 1.29 is 18.4 Å². The standard InChI is InChI=1S/C20H19FN4O3/c1-27-17-9-5-2-6-13(17)10-18-23-19(28-24-18)14-11-25(12-14)20(26)22-16-8-4-3-7-15(16)21/h2-9,14H,10-12H2,1H3,(H,22,26). The quantitative estimate of drug-likeness (QED) is 0.731. The molecule has 2 aromatic carbocycles. The van der Waals surface area contributed by atoms with Crippen molar-refractivity contribution in [2.45, 2.75) is 12.3 Å². The maximum Gasteiger partial charge on any atom is 0.321 e. The summed E-state index contributed by atoms with van der Waals surface area (Å²) in [4.78, 5) is 18.2. The summed E-state index contributed by atoms with van der Waals surface area (Å²) in [5, 5.41) is 6.59. The van der Waals surface area contributed by atoms with Crippen LogP contribution in [0.3, 0.4) is 0 Å². The molecule has 144 valence electrons. The molecule has 0 aliphatic carbocycles. The van der Waals surface area contributed by atoms with Crippen LogP contribution in [0.4, 0.5) is 14.9 Å². The first-order valence-electron chi connectivity index (χ1n) is 8.89. The smallest absolute Gasteiger partial charge is 0.321 e. The molecule has 1 N–H and O–H groups in total. The van der Waals surface area contributed by atoms with Crippen LogP contribution in [0.15, 0.2) is 53.1 Å². The Morgan fingerprint density at radius 1 is 1.25 bits per heavy atom. The molecule has 4 rings (SSSR count). The molecule has 7 nitrogen and oxygen atoms in total. The highest BCUT2D eigenvalue weighted by atomic mass is 19.1. The van der Waals surface area contributed by atoms with E-state index in [-0.39, 0.29) is 17.6 Å². The van der Waals surface area contributed by atoms with Crippen molar-refractivity contribution >= 4 is 11.7 Å². The molecular formula is C20H19FN4O3. The number of para-hydroxylation sites is 2. The van der Waals surface area contributed by atoms with Gasteiger partial charge in [-0.3, -0.25) is 0 Å². The summed E-state index contributed by atoms with van der Waals surface area (Å²) in [5.74, 6) is 1.35. The second-order valence-corrected chi connectivity index (χ2v) is 6.55. The molecule has 8 heteroatoms. The Morgan fingerprint density at radius 2 is 2.00 bits per heavy atom. The van der Waals surface area contributed by atoms with Gasteiger partial charge in [0.15, 0.2) is 5.82 Å². The van der Waals surface area contributed by atoms with E-state index >= 15 is 0 Å². The van der Waals surface area contributed by atoms with Crippen LogP contribution < -0.4 is 10.1 Å². The molecule has 0 unspecified atom stereocenters. The minimum Gasteiger partial charge on any atom is -0.496 e. The van der Waals surface area contributed by atoms with Crippen molar-refractivity contribution in [2.24, 2.45) is 0 Å². The van der Waals surface area contributed by atoms with Crippen LogP contribution in [0.25, 0.3) is 0 Å². The molecule has 1 fully saturated rings. The van der Waals surface area contributed by atoms with Crippen molar-refractivity contribution in [1.82, 2.24) is 15.0 Å². The van der Waals surface area contributed by atoms with Crippen molar-refractivity contribution in [1.29, 1.82) is 0 Å². The minimum absolute atomic E-state index is 0.0229. The number of nitrogens with one attached hydrogen (secondary N) is 1. The predicted molar refractivity (Wildman–Crippen MR) is 99.8 cm³/mol. The van der Waals surface area contributed by atoms with Gasteiger partial charge in [0, 0.05) is 25.1 Å². The lowest BCUT2D eigenvalue weighted by molar-refractivity contribution is 0.147. The number of carbonyl (C=O) groups excluding carboxylic acids is 1. The van der Waals surface area contributed by atoms with E-state index in [4.69, 9.17) is 9.26 Å². The molecule has 1 aliphatic rings. The van der Waals surface area contributed by atoms with Crippen molar-refractivity contribution in [3.63, 3.8) is 0 Å². The number of urea groups is 1. The molecule has 1 aromatic heterocycles. The zero-order valence-corrected chi connectivity index (χ0v) is 15.3. The summed E-state index contributed by atoms with van der Waals surface area (Å²) in [6.07, 6.45) is 0.498. The van der Waals surface area contributed by atoms with Crippen LogP contribution >= 0.6 is 0 Å². The Morgan fingerprint density at radius 3 is 2.79 bits per heavy atom. The number of aromatic nitrogens is 2. The minimum atomic E-state index is -0.467. The fourth-order valence-electron chi connectivity index (χ4n) is 3.08. The van der Waals surface area contributed by atoms with Crippen LogP contribution in [0.5, 0.6) is 5.75 Å². The van der Waals surface area contributed by atoms with E-state index in [1.165, 1.54) is 12.1 Å². The summed E-state index contributed by atoms with van der Waals surface area (Å²) < 4.78 is 24.3. The zero-order chi connectivity index (χ0) is 19.5. The third-order valence-electron chi connectivity index (χ3n) is 4.66. The Kier molecular flexibility index (Phi) is 4.92. The number of likely N-dealkylation sites (tertiary alicyclic amines) is 1. The Hall–Kier alpha value is -3.42. The summed E-state index contributed by atoms with van der Waals surface area (Å²) in [5.41, 5.74) is 1.13. The number of ether oxygens (including phenoxy) is 1. The normalized spacial score (nSPS) is 13.9. The van der Waals surface area contributed by atoms with E-state index < -0.39 is 5.82 Å². The number of hydrogen-bond acceptors (Lipinski definition) is 5. The number of carbonyl (C=O) groups is 1. The highest BCUT2D eigenvalue weighted by Crippen LogP contribution is 2.27. The van der Waals surface area contributed by atoms with Gasteiger partial charge in [0.25, 0.3) is 0 Å². The molecule has 0 bridgehead atoms. The lowest BCUT2D eigenvalue weighted by Crippen LogP contribution is -2.50. The zero-order valence-electron chi connectivity index (χ0n) is 15.3. The number of hydrogen-bond donors (Lipinski definition) is 1. The number of nitrogens with zero attached hydrogens (tertiary/aromatic N) is 3. The number of amides is 2. The van der Waals surface area contributed by atoms with E-state index in [0.717, 1.165) is 11.3 Å². The molecule has 2 amide bonds. The number of rotatable bonds is 5. The molecule has 0 radical (unpaired) electrons. The van der Waals surface area contributed by atoms with E-state index in [1.807, 2.05) is 24.3 Å². The molecule has 1 saturated heterocycles.